The number of fused-ring (bicyclic) bond motifs is 3. The van der Waals surface area contributed by atoms with Crippen molar-refractivity contribution in [3.8, 4) is 0 Å². The molecular formula is C17H22N2O3. The average molecular weight is 302 g/mol. The highest BCUT2D eigenvalue weighted by atomic mass is 16.5. The van der Waals surface area contributed by atoms with E-state index in [9.17, 15) is 9.59 Å². The largest absolute Gasteiger partial charge is 0.469 e. The van der Waals surface area contributed by atoms with E-state index in [-0.39, 0.29) is 22.7 Å². The molecule has 1 aromatic heterocycles. The summed E-state index contributed by atoms with van der Waals surface area (Å²) in [4.78, 5) is 30.8. The second-order valence-electron chi connectivity index (χ2n) is 6.62. The predicted octanol–water partition coefficient (Wildman–Crippen LogP) is 2.56. The van der Waals surface area contributed by atoms with Crippen LogP contribution in [0.2, 0.25) is 0 Å². The molecule has 4 rings (SSSR count). The summed E-state index contributed by atoms with van der Waals surface area (Å²) >= 11 is 0. The molecule has 0 saturated heterocycles. The van der Waals surface area contributed by atoms with Crippen LogP contribution in [0.1, 0.15) is 38.5 Å². The number of carbonyl (C=O) groups excluding carboxylic acids is 2. The molecule has 0 N–H and O–H groups in total. The molecule has 3 aliphatic carbocycles. The number of esters is 1. The van der Waals surface area contributed by atoms with Gasteiger partial charge in [-0.15, -0.1) is 0 Å². The van der Waals surface area contributed by atoms with Crippen LogP contribution in [0, 0.1) is 10.8 Å². The number of carbonyl (C=O) groups is 2. The number of rotatable bonds is 3. The third kappa shape index (κ3) is 2.19. The minimum Gasteiger partial charge on any atom is -0.469 e. The highest BCUT2D eigenvalue weighted by Crippen LogP contribution is 2.58. The summed E-state index contributed by atoms with van der Waals surface area (Å²) in [6.45, 7) is 0. The molecule has 0 atom stereocenters. The summed E-state index contributed by atoms with van der Waals surface area (Å²) in [5.41, 5.74) is 0.213. The van der Waals surface area contributed by atoms with E-state index >= 15 is 0 Å². The zero-order valence-corrected chi connectivity index (χ0v) is 13.2. The molecule has 3 saturated carbocycles. The van der Waals surface area contributed by atoms with Gasteiger partial charge in [-0.2, -0.15) is 0 Å². The van der Waals surface area contributed by atoms with Gasteiger partial charge >= 0.3 is 5.97 Å². The van der Waals surface area contributed by atoms with Gasteiger partial charge in [-0.05, 0) is 50.7 Å². The highest BCUT2D eigenvalue weighted by Gasteiger charge is 2.56. The van der Waals surface area contributed by atoms with Crippen molar-refractivity contribution >= 4 is 17.6 Å². The van der Waals surface area contributed by atoms with Crippen LogP contribution in [-0.2, 0) is 14.3 Å². The van der Waals surface area contributed by atoms with Crippen LogP contribution in [0.15, 0.2) is 24.5 Å². The Morgan fingerprint density at radius 1 is 1.05 bits per heavy atom. The number of anilines is 1. The Labute approximate surface area is 130 Å². The first-order valence-corrected chi connectivity index (χ1v) is 7.80. The third-order valence-corrected chi connectivity index (χ3v) is 5.67. The maximum Gasteiger partial charge on any atom is 0.311 e. The van der Waals surface area contributed by atoms with Crippen LogP contribution in [0.4, 0.5) is 5.69 Å². The molecule has 0 radical (unpaired) electrons. The summed E-state index contributed by atoms with van der Waals surface area (Å²) in [6, 6.07) is 3.69. The number of methoxy groups -OCH3 is 1. The Morgan fingerprint density at radius 3 is 2.05 bits per heavy atom. The van der Waals surface area contributed by atoms with E-state index in [1.165, 1.54) is 7.11 Å². The van der Waals surface area contributed by atoms with Crippen molar-refractivity contribution in [3.63, 3.8) is 0 Å². The number of nitrogens with zero attached hydrogens (tertiary/aromatic N) is 2. The van der Waals surface area contributed by atoms with Gasteiger partial charge in [-0.25, -0.2) is 0 Å². The van der Waals surface area contributed by atoms with Crippen LogP contribution in [0.25, 0.3) is 0 Å². The summed E-state index contributed by atoms with van der Waals surface area (Å²) in [5.74, 6) is 0.0626. The first-order valence-electron chi connectivity index (χ1n) is 7.80. The van der Waals surface area contributed by atoms with E-state index in [0.29, 0.717) is 0 Å². The van der Waals surface area contributed by atoms with Crippen molar-refractivity contribution in [2.75, 3.05) is 19.1 Å². The van der Waals surface area contributed by atoms with Gasteiger partial charge in [0.25, 0.3) is 0 Å². The van der Waals surface area contributed by atoms with E-state index in [4.69, 9.17) is 4.74 Å². The fraction of sp³-hybridized carbons (Fsp3) is 0.588. The van der Waals surface area contributed by atoms with Crippen LogP contribution >= 0.6 is 0 Å². The molecule has 5 nitrogen and oxygen atoms in total. The van der Waals surface area contributed by atoms with Gasteiger partial charge in [0, 0.05) is 30.5 Å². The SMILES string of the molecule is COC(=O)C12CCC(C(=O)N(C)c3ccncc3)(CC1)CC2. The molecule has 1 heterocycles. The normalized spacial score (nSPS) is 29.9. The summed E-state index contributed by atoms with van der Waals surface area (Å²) < 4.78 is 4.98. The van der Waals surface area contributed by atoms with Crippen molar-refractivity contribution in [2.45, 2.75) is 38.5 Å². The Bertz CT molecular complexity index is 560. The topological polar surface area (TPSA) is 59.5 Å². The third-order valence-electron chi connectivity index (χ3n) is 5.67. The lowest BCUT2D eigenvalue weighted by molar-refractivity contribution is -0.165. The number of amides is 1. The lowest BCUT2D eigenvalue weighted by Gasteiger charge is -2.51. The van der Waals surface area contributed by atoms with E-state index in [0.717, 1.165) is 44.2 Å². The molecule has 1 aromatic rings. The summed E-state index contributed by atoms with van der Waals surface area (Å²) in [7, 11) is 3.28. The minimum absolute atomic E-state index is 0.101. The first kappa shape index (κ1) is 15.0. The monoisotopic (exact) mass is 302 g/mol. The van der Waals surface area contributed by atoms with Crippen LogP contribution in [0.5, 0.6) is 0 Å². The smallest absolute Gasteiger partial charge is 0.311 e. The second kappa shape index (κ2) is 5.38. The maximum absolute atomic E-state index is 13.0. The van der Waals surface area contributed by atoms with Gasteiger partial charge in [0.2, 0.25) is 5.91 Å². The highest BCUT2D eigenvalue weighted by molar-refractivity contribution is 5.97. The molecule has 0 aliphatic heterocycles. The molecule has 2 bridgehead atoms. The molecule has 5 heteroatoms. The Morgan fingerprint density at radius 2 is 1.55 bits per heavy atom. The molecule has 0 spiro atoms. The predicted molar refractivity (Wildman–Crippen MR) is 82.2 cm³/mol. The van der Waals surface area contributed by atoms with Crippen LogP contribution in [0.3, 0.4) is 0 Å². The van der Waals surface area contributed by atoms with E-state index in [2.05, 4.69) is 4.98 Å². The van der Waals surface area contributed by atoms with Crippen molar-refractivity contribution in [2.24, 2.45) is 10.8 Å². The van der Waals surface area contributed by atoms with Gasteiger partial charge in [0.1, 0.15) is 0 Å². The van der Waals surface area contributed by atoms with Gasteiger partial charge in [0.15, 0.2) is 0 Å². The van der Waals surface area contributed by atoms with Gasteiger partial charge in [-0.1, -0.05) is 0 Å². The number of ether oxygens (including phenoxy) is 1. The Hall–Kier alpha value is -1.91. The number of pyridine rings is 1. The molecular weight excluding hydrogens is 280 g/mol. The minimum atomic E-state index is -0.341. The van der Waals surface area contributed by atoms with Crippen molar-refractivity contribution in [1.82, 2.24) is 4.98 Å². The molecule has 0 aromatic carbocycles. The fourth-order valence-electron chi connectivity index (χ4n) is 4.07. The van der Waals surface area contributed by atoms with Crippen LogP contribution in [-0.4, -0.2) is 31.0 Å². The van der Waals surface area contributed by atoms with E-state index in [1.807, 2.05) is 19.2 Å². The zero-order valence-electron chi connectivity index (χ0n) is 13.2. The zero-order chi connectivity index (χ0) is 15.8. The summed E-state index contributed by atoms with van der Waals surface area (Å²) in [5, 5.41) is 0. The van der Waals surface area contributed by atoms with Crippen molar-refractivity contribution < 1.29 is 14.3 Å². The molecule has 3 fully saturated rings. The molecule has 0 unspecified atom stereocenters. The number of hydrogen-bond donors (Lipinski definition) is 0. The van der Waals surface area contributed by atoms with Gasteiger partial charge in [-0.3, -0.25) is 14.6 Å². The first-order chi connectivity index (χ1) is 10.5. The fourth-order valence-corrected chi connectivity index (χ4v) is 4.07. The standard InChI is InChI=1S/C17H22N2O3/c1-19(13-3-11-18-12-4-13)14(20)16-5-8-17(9-6-16,10-7-16)15(21)22-2/h3-4,11-12H,5-10H2,1-2H3. The quantitative estimate of drug-likeness (QED) is 0.805. The van der Waals surface area contributed by atoms with Crippen molar-refractivity contribution in [3.05, 3.63) is 24.5 Å². The summed E-state index contributed by atoms with van der Waals surface area (Å²) in [6.07, 6.45) is 7.99. The second-order valence-corrected chi connectivity index (χ2v) is 6.62. The lowest BCUT2D eigenvalue weighted by atomic mass is 9.53. The lowest BCUT2D eigenvalue weighted by Crippen LogP contribution is -2.53. The van der Waals surface area contributed by atoms with E-state index < -0.39 is 0 Å². The molecule has 22 heavy (non-hydrogen) atoms. The maximum atomic E-state index is 13.0. The molecule has 1 amide bonds. The van der Waals surface area contributed by atoms with E-state index in [1.54, 1.807) is 17.3 Å². The van der Waals surface area contributed by atoms with Gasteiger partial charge < -0.3 is 9.64 Å². The van der Waals surface area contributed by atoms with Crippen LogP contribution < -0.4 is 4.90 Å². The number of aromatic nitrogens is 1. The molecule has 118 valence electrons. The van der Waals surface area contributed by atoms with Gasteiger partial charge in [0.05, 0.1) is 12.5 Å². The number of hydrogen-bond acceptors (Lipinski definition) is 4. The average Bonchev–Trinajstić information content (AvgIpc) is 2.62. The Balaban J connectivity index is 1.77. The molecule has 3 aliphatic rings. The Kier molecular flexibility index (Phi) is 3.67. The van der Waals surface area contributed by atoms with Crippen molar-refractivity contribution in [1.29, 1.82) is 0 Å².